The van der Waals surface area contributed by atoms with Gasteiger partial charge < -0.3 is 20.3 Å². The normalized spacial score (nSPS) is 14.5. The van der Waals surface area contributed by atoms with E-state index in [1.54, 1.807) is 0 Å². The van der Waals surface area contributed by atoms with Crippen molar-refractivity contribution in [3.05, 3.63) is 23.8 Å². The molecule has 84 valence electrons. The molecule has 0 saturated heterocycles. The van der Waals surface area contributed by atoms with E-state index < -0.39 is 0 Å². The molecule has 0 radical (unpaired) electrons. The molecule has 1 aromatic rings. The summed E-state index contributed by atoms with van der Waals surface area (Å²) in [7, 11) is 0. The summed E-state index contributed by atoms with van der Waals surface area (Å²) in [6.45, 7) is 0.323. The molecule has 0 amide bonds. The first kappa shape index (κ1) is 12.1. The average Bonchev–Trinajstić information content (AvgIpc) is 2.65. The number of nitrogens with two attached hydrogens (primary N) is 1. The molecule has 15 heavy (non-hydrogen) atoms. The zero-order valence-electron chi connectivity index (χ0n) is 8.18. The lowest BCUT2D eigenvalue weighted by atomic mass is 10.0. The van der Waals surface area contributed by atoms with E-state index in [0.717, 1.165) is 11.3 Å². The number of aliphatic hydroxyl groups is 1. The van der Waals surface area contributed by atoms with Gasteiger partial charge in [-0.2, -0.15) is 0 Å². The van der Waals surface area contributed by atoms with E-state index in [1.807, 2.05) is 18.2 Å². The number of fused-ring (bicyclic) bond motifs is 1. The maximum absolute atomic E-state index is 8.79. The Kier molecular flexibility index (Phi) is 4.20. The van der Waals surface area contributed by atoms with Crippen molar-refractivity contribution in [2.24, 2.45) is 5.73 Å². The van der Waals surface area contributed by atoms with Crippen molar-refractivity contribution in [3.8, 4) is 11.5 Å². The summed E-state index contributed by atoms with van der Waals surface area (Å²) in [6.07, 6.45) is 0.528. The fraction of sp³-hybridized carbons (Fsp3) is 0.400. The largest absolute Gasteiger partial charge is 0.454 e. The molecule has 0 aromatic heterocycles. The van der Waals surface area contributed by atoms with Crippen LogP contribution in [0, 0.1) is 0 Å². The van der Waals surface area contributed by atoms with E-state index in [9.17, 15) is 0 Å². The summed E-state index contributed by atoms with van der Waals surface area (Å²) in [5.74, 6) is 1.45. The molecule has 0 spiro atoms. The molecular formula is C10H14ClNO3. The van der Waals surface area contributed by atoms with Crippen LogP contribution < -0.4 is 15.2 Å². The second-order valence-electron chi connectivity index (χ2n) is 3.20. The summed E-state index contributed by atoms with van der Waals surface area (Å²) in [4.78, 5) is 0. The van der Waals surface area contributed by atoms with Crippen LogP contribution in [0.3, 0.4) is 0 Å². The molecule has 5 heteroatoms. The molecule has 0 fully saturated rings. The molecule has 1 aliphatic heterocycles. The highest BCUT2D eigenvalue weighted by atomic mass is 35.5. The molecule has 1 aromatic carbocycles. The smallest absolute Gasteiger partial charge is 0.231 e. The topological polar surface area (TPSA) is 64.7 Å². The summed E-state index contributed by atoms with van der Waals surface area (Å²) in [6, 6.07) is 5.42. The van der Waals surface area contributed by atoms with Gasteiger partial charge in [0.25, 0.3) is 0 Å². The Labute approximate surface area is 94.4 Å². The molecular weight excluding hydrogens is 218 g/mol. The standard InChI is InChI=1S/C10H13NO3.ClH/c11-8(4-5-12)7-2-1-3-9-10(7)14-6-13-9;/h1-3,8,12H,4-6,11H2;1H/t8-;/m1./s1. The average molecular weight is 232 g/mol. The van der Waals surface area contributed by atoms with Crippen molar-refractivity contribution in [1.29, 1.82) is 0 Å². The first-order chi connectivity index (χ1) is 6.83. The third kappa shape index (κ3) is 2.34. The van der Waals surface area contributed by atoms with Crippen LogP contribution in [0.1, 0.15) is 18.0 Å². The van der Waals surface area contributed by atoms with Gasteiger partial charge in [-0.15, -0.1) is 12.4 Å². The Balaban J connectivity index is 0.00000112. The quantitative estimate of drug-likeness (QED) is 0.821. The third-order valence-corrected chi connectivity index (χ3v) is 2.27. The van der Waals surface area contributed by atoms with Crippen molar-refractivity contribution >= 4 is 12.4 Å². The number of benzene rings is 1. The van der Waals surface area contributed by atoms with Gasteiger partial charge in [-0.3, -0.25) is 0 Å². The number of para-hydroxylation sites is 1. The molecule has 0 unspecified atom stereocenters. The van der Waals surface area contributed by atoms with E-state index in [1.165, 1.54) is 0 Å². The fourth-order valence-electron chi connectivity index (χ4n) is 1.54. The molecule has 0 aliphatic carbocycles. The number of aliphatic hydroxyl groups excluding tert-OH is 1. The molecule has 0 bridgehead atoms. The van der Waals surface area contributed by atoms with Crippen LogP contribution in [0.15, 0.2) is 18.2 Å². The lowest BCUT2D eigenvalue weighted by Crippen LogP contribution is -2.12. The minimum atomic E-state index is -0.198. The molecule has 3 N–H and O–H groups in total. The first-order valence-electron chi connectivity index (χ1n) is 4.58. The number of ether oxygens (including phenoxy) is 2. The fourth-order valence-corrected chi connectivity index (χ4v) is 1.54. The summed E-state index contributed by atoms with van der Waals surface area (Å²) >= 11 is 0. The Bertz CT molecular complexity index is 332. The maximum atomic E-state index is 8.79. The maximum Gasteiger partial charge on any atom is 0.231 e. The molecule has 1 aliphatic rings. The van der Waals surface area contributed by atoms with Crippen molar-refractivity contribution in [1.82, 2.24) is 0 Å². The monoisotopic (exact) mass is 231 g/mol. The van der Waals surface area contributed by atoms with E-state index in [-0.39, 0.29) is 31.8 Å². The van der Waals surface area contributed by atoms with Crippen molar-refractivity contribution < 1.29 is 14.6 Å². The van der Waals surface area contributed by atoms with Crippen LogP contribution in [0.4, 0.5) is 0 Å². The zero-order chi connectivity index (χ0) is 9.97. The second kappa shape index (κ2) is 5.21. The molecule has 0 saturated carbocycles. The zero-order valence-corrected chi connectivity index (χ0v) is 9.00. The van der Waals surface area contributed by atoms with Crippen LogP contribution in [-0.2, 0) is 0 Å². The van der Waals surface area contributed by atoms with Crippen LogP contribution in [0.25, 0.3) is 0 Å². The van der Waals surface area contributed by atoms with Gasteiger partial charge in [0.05, 0.1) is 0 Å². The van der Waals surface area contributed by atoms with Gasteiger partial charge in [0, 0.05) is 18.2 Å². The number of halogens is 1. The van der Waals surface area contributed by atoms with Crippen LogP contribution in [0.2, 0.25) is 0 Å². The van der Waals surface area contributed by atoms with Crippen LogP contribution in [0.5, 0.6) is 11.5 Å². The Hall–Kier alpha value is -0.970. The van der Waals surface area contributed by atoms with Crippen LogP contribution in [-0.4, -0.2) is 18.5 Å². The highest BCUT2D eigenvalue weighted by Gasteiger charge is 2.20. The van der Waals surface area contributed by atoms with E-state index >= 15 is 0 Å². The Morgan fingerprint density at radius 2 is 2.20 bits per heavy atom. The SMILES string of the molecule is Cl.N[C@H](CCO)c1cccc2c1OCO2. The summed E-state index contributed by atoms with van der Waals surface area (Å²) in [5.41, 5.74) is 6.78. The predicted molar refractivity (Wildman–Crippen MR) is 58.4 cm³/mol. The van der Waals surface area contributed by atoms with Gasteiger partial charge in [0.2, 0.25) is 6.79 Å². The molecule has 1 heterocycles. The summed E-state index contributed by atoms with van der Waals surface area (Å²) in [5, 5.41) is 8.79. The van der Waals surface area contributed by atoms with E-state index in [0.29, 0.717) is 12.2 Å². The van der Waals surface area contributed by atoms with Gasteiger partial charge in [0.1, 0.15) is 0 Å². The van der Waals surface area contributed by atoms with Crippen molar-refractivity contribution in [2.75, 3.05) is 13.4 Å². The van der Waals surface area contributed by atoms with Crippen molar-refractivity contribution in [3.63, 3.8) is 0 Å². The molecule has 4 nitrogen and oxygen atoms in total. The van der Waals surface area contributed by atoms with Gasteiger partial charge in [-0.05, 0) is 12.5 Å². The van der Waals surface area contributed by atoms with Gasteiger partial charge in [-0.25, -0.2) is 0 Å². The minimum Gasteiger partial charge on any atom is -0.454 e. The predicted octanol–water partition coefficient (Wildman–Crippen LogP) is 1.22. The van der Waals surface area contributed by atoms with Gasteiger partial charge >= 0.3 is 0 Å². The van der Waals surface area contributed by atoms with E-state index in [2.05, 4.69) is 0 Å². The molecule has 2 rings (SSSR count). The highest BCUT2D eigenvalue weighted by Crippen LogP contribution is 2.38. The summed E-state index contributed by atoms with van der Waals surface area (Å²) < 4.78 is 10.5. The lowest BCUT2D eigenvalue weighted by molar-refractivity contribution is 0.172. The number of hydrogen-bond acceptors (Lipinski definition) is 4. The highest BCUT2D eigenvalue weighted by molar-refractivity contribution is 5.85. The first-order valence-corrected chi connectivity index (χ1v) is 4.58. The third-order valence-electron chi connectivity index (χ3n) is 2.27. The van der Waals surface area contributed by atoms with Crippen LogP contribution >= 0.6 is 12.4 Å². The Morgan fingerprint density at radius 1 is 1.40 bits per heavy atom. The number of rotatable bonds is 3. The number of hydrogen-bond donors (Lipinski definition) is 2. The lowest BCUT2D eigenvalue weighted by Gasteiger charge is -2.12. The van der Waals surface area contributed by atoms with Crippen molar-refractivity contribution in [2.45, 2.75) is 12.5 Å². The minimum absolute atomic E-state index is 0. The van der Waals surface area contributed by atoms with E-state index in [4.69, 9.17) is 20.3 Å². The Morgan fingerprint density at radius 3 is 2.93 bits per heavy atom. The van der Waals surface area contributed by atoms with Gasteiger partial charge in [-0.1, -0.05) is 12.1 Å². The second-order valence-corrected chi connectivity index (χ2v) is 3.20. The molecule has 1 atom stereocenters. The van der Waals surface area contributed by atoms with Gasteiger partial charge in [0.15, 0.2) is 11.5 Å².